The van der Waals surface area contributed by atoms with Crippen molar-refractivity contribution in [2.45, 2.75) is 12.8 Å². The summed E-state index contributed by atoms with van der Waals surface area (Å²) < 4.78 is 5.77. The molecule has 1 heterocycles. The number of nitriles is 1. The van der Waals surface area contributed by atoms with Gasteiger partial charge in [-0.2, -0.15) is 5.26 Å². The molecule has 1 saturated heterocycles. The molecule has 0 spiro atoms. The van der Waals surface area contributed by atoms with Gasteiger partial charge in [0.1, 0.15) is 12.4 Å². The van der Waals surface area contributed by atoms with Gasteiger partial charge in [0.15, 0.2) is 0 Å². The maximum atomic E-state index is 8.63. The third kappa shape index (κ3) is 4.84. The summed E-state index contributed by atoms with van der Waals surface area (Å²) in [6, 6.07) is 9.96. The Hall–Kier alpha value is -1.57. The molecule has 0 amide bonds. The quantitative estimate of drug-likeness (QED) is 0.819. The number of likely N-dealkylation sites (N-methyl/N-ethyl adjacent to an activating group) is 1. The van der Waals surface area contributed by atoms with E-state index in [4.69, 9.17) is 10.00 Å². The first-order valence-corrected chi connectivity index (χ1v) is 7.27. The fourth-order valence-corrected chi connectivity index (χ4v) is 2.41. The molecular weight excluding hydrogens is 250 g/mol. The molecule has 0 aliphatic carbocycles. The maximum Gasteiger partial charge on any atom is 0.119 e. The third-order valence-electron chi connectivity index (χ3n) is 3.69. The molecule has 1 aliphatic rings. The molecule has 20 heavy (non-hydrogen) atoms. The van der Waals surface area contributed by atoms with Crippen molar-refractivity contribution in [1.29, 1.82) is 5.26 Å². The predicted molar refractivity (Wildman–Crippen MR) is 79.8 cm³/mol. The van der Waals surface area contributed by atoms with Crippen LogP contribution in [0.2, 0.25) is 0 Å². The molecule has 0 bridgehead atoms. The van der Waals surface area contributed by atoms with E-state index >= 15 is 0 Å². The number of ether oxygens (including phenoxy) is 1. The topological polar surface area (TPSA) is 39.5 Å². The van der Waals surface area contributed by atoms with Crippen LogP contribution in [0.15, 0.2) is 24.3 Å². The zero-order chi connectivity index (χ0) is 14.2. The Morgan fingerprint density at radius 1 is 1.15 bits per heavy atom. The van der Waals surface area contributed by atoms with Gasteiger partial charge in [0.2, 0.25) is 0 Å². The van der Waals surface area contributed by atoms with Crippen LogP contribution >= 0.6 is 0 Å². The zero-order valence-corrected chi connectivity index (χ0v) is 12.2. The van der Waals surface area contributed by atoms with Crippen molar-refractivity contribution in [3.63, 3.8) is 0 Å². The van der Waals surface area contributed by atoms with Crippen LogP contribution in [-0.2, 0) is 6.42 Å². The molecule has 1 fully saturated rings. The highest BCUT2D eigenvalue weighted by Crippen LogP contribution is 2.12. The van der Waals surface area contributed by atoms with Gasteiger partial charge in [0.05, 0.1) is 12.5 Å². The summed E-state index contributed by atoms with van der Waals surface area (Å²) in [5.74, 6) is 0.888. The SMILES string of the molecule is CN1CCCN(CCOc2ccc(CC#N)cc2)CC1. The highest BCUT2D eigenvalue weighted by Gasteiger charge is 2.11. The molecule has 4 nitrogen and oxygen atoms in total. The van der Waals surface area contributed by atoms with Crippen LogP contribution in [0.1, 0.15) is 12.0 Å². The minimum atomic E-state index is 0.460. The number of hydrogen-bond donors (Lipinski definition) is 0. The van der Waals surface area contributed by atoms with E-state index in [1.807, 2.05) is 24.3 Å². The van der Waals surface area contributed by atoms with Gasteiger partial charge < -0.3 is 9.64 Å². The second kappa shape index (κ2) is 7.88. The number of benzene rings is 1. The summed E-state index contributed by atoms with van der Waals surface area (Å²) >= 11 is 0. The van der Waals surface area contributed by atoms with Crippen molar-refractivity contribution in [1.82, 2.24) is 9.80 Å². The highest BCUT2D eigenvalue weighted by atomic mass is 16.5. The molecule has 0 N–H and O–H groups in total. The first kappa shape index (κ1) is 14.8. The number of nitrogens with zero attached hydrogens (tertiary/aromatic N) is 3. The van der Waals surface area contributed by atoms with Crippen molar-refractivity contribution in [3.05, 3.63) is 29.8 Å². The summed E-state index contributed by atoms with van der Waals surface area (Å²) in [5, 5.41) is 8.63. The molecule has 0 atom stereocenters. The molecule has 0 saturated carbocycles. The van der Waals surface area contributed by atoms with E-state index in [2.05, 4.69) is 22.9 Å². The van der Waals surface area contributed by atoms with Gasteiger partial charge in [-0.05, 0) is 44.3 Å². The standard InChI is InChI=1S/C16H23N3O/c1-18-9-2-10-19(12-11-18)13-14-20-16-5-3-15(4-6-16)7-8-17/h3-6H,2,7,9-14H2,1H3. The first-order valence-electron chi connectivity index (χ1n) is 7.27. The maximum absolute atomic E-state index is 8.63. The Morgan fingerprint density at radius 3 is 2.70 bits per heavy atom. The van der Waals surface area contributed by atoms with Gasteiger partial charge in [-0.3, -0.25) is 4.90 Å². The Bertz CT molecular complexity index is 438. The Morgan fingerprint density at radius 2 is 1.95 bits per heavy atom. The zero-order valence-electron chi connectivity index (χ0n) is 12.2. The molecule has 2 rings (SSSR count). The van der Waals surface area contributed by atoms with Crippen LogP contribution in [0.3, 0.4) is 0 Å². The minimum Gasteiger partial charge on any atom is -0.492 e. The van der Waals surface area contributed by atoms with Crippen LogP contribution in [0, 0.1) is 11.3 Å². The van der Waals surface area contributed by atoms with Gasteiger partial charge >= 0.3 is 0 Å². The third-order valence-corrected chi connectivity index (χ3v) is 3.69. The van der Waals surface area contributed by atoms with Crippen LogP contribution in [0.5, 0.6) is 5.75 Å². The normalized spacial score (nSPS) is 17.4. The van der Waals surface area contributed by atoms with Crippen LogP contribution in [0.25, 0.3) is 0 Å². The van der Waals surface area contributed by atoms with Gasteiger partial charge in [0, 0.05) is 19.6 Å². The molecule has 0 radical (unpaired) electrons. The summed E-state index contributed by atoms with van der Waals surface area (Å²) in [6.07, 6.45) is 1.70. The van der Waals surface area contributed by atoms with Crippen LogP contribution < -0.4 is 4.74 Å². The molecular formula is C16H23N3O. The smallest absolute Gasteiger partial charge is 0.119 e. The van der Waals surface area contributed by atoms with Crippen molar-refractivity contribution in [3.8, 4) is 11.8 Å². The fourth-order valence-electron chi connectivity index (χ4n) is 2.41. The number of rotatable bonds is 5. The molecule has 108 valence electrons. The minimum absolute atomic E-state index is 0.460. The van der Waals surface area contributed by atoms with E-state index in [1.165, 1.54) is 13.0 Å². The van der Waals surface area contributed by atoms with Crippen molar-refractivity contribution in [2.24, 2.45) is 0 Å². The van der Waals surface area contributed by atoms with Crippen molar-refractivity contribution < 1.29 is 4.74 Å². The van der Waals surface area contributed by atoms with Gasteiger partial charge in [0.25, 0.3) is 0 Å². The molecule has 4 heteroatoms. The lowest BCUT2D eigenvalue weighted by molar-refractivity contribution is 0.212. The lowest BCUT2D eigenvalue weighted by Crippen LogP contribution is -2.32. The Labute approximate surface area is 121 Å². The van der Waals surface area contributed by atoms with E-state index in [1.54, 1.807) is 0 Å². The van der Waals surface area contributed by atoms with Crippen LogP contribution in [0.4, 0.5) is 0 Å². The van der Waals surface area contributed by atoms with E-state index in [-0.39, 0.29) is 0 Å². The largest absolute Gasteiger partial charge is 0.492 e. The van der Waals surface area contributed by atoms with E-state index in [0.29, 0.717) is 6.42 Å². The van der Waals surface area contributed by atoms with Gasteiger partial charge in [-0.1, -0.05) is 12.1 Å². The predicted octanol–water partition coefficient (Wildman–Crippen LogP) is 1.77. The van der Waals surface area contributed by atoms with E-state index in [9.17, 15) is 0 Å². The van der Waals surface area contributed by atoms with Gasteiger partial charge in [-0.15, -0.1) is 0 Å². The van der Waals surface area contributed by atoms with Gasteiger partial charge in [-0.25, -0.2) is 0 Å². The lowest BCUT2D eigenvalue weighted by atomic mass is 10.2. The van der Waals surface area contributed by atoms with Crippen molar-refractivity contribution in [2.75, 3.05) is 46.4 Å². The molecule has 1 aliphatic heterocycles. The number of hydrogen-bond acceptors (Lipinski definition) is 4. The lowest BCUT2D eigenvalue weighted by Gasteiger charge is -2.20. The van der Waals surface area contributed by atoms with Crippen LogP contribution in [-0.4, -0.2) is 56.2 Å². The monoisotopic (exact) mass is 273 g/mol. The highest BCUT2D eigenvalue weighted by molar-refractivity contribution is 5.28. The summed E-state index contributed by atoms with van der Waals surface area (Å²) in [7, 11) is 2.18. The Balaban J connectivity index is 1.71. The summed E-state index contributed by atoms with van der Waals surface area (Å²) in [6.45, 7) is 6.32. The second-order valence-electron chi connectivity index (χ2n) is 5.33. The fraction of sp³-hybridized carbons (Fsp3) is 0.562. The van der Waals surface area contributed by atoms with Crippen molar-refractivity contribution >= 4 is 0 Å². The average Bonchev–Trinajstić information content (AvgIpc) is 2.66. The molecule has 0 unspecified atom stereocenters. The van der Waals surface area contributed by atoms with E-state index < -0.39 is 0 Å². The molecule has 1 aromatic rings. The summed E-state index contributed by atoms with van der Waals surface area (Å²) in [4.78, 5) is 4.85. The first-order chi connectivity index (χ1) is 9.78. The molecule has 1 aromatic carbocycles. The second-order valence-corrected chi connectivity index (χ2v) is 5.33. The van der Waals surface area contributed by atoms with E-state index in [0.717, 1.165) is 44.1 Å². The average molecular weight is 273 g/mol. The summed E-state index contributed by atoms with van der Waals surface area (Å²) in [5.41, 5.74) is 1.04. The Kier molecular flexibility index (Phi) is 5.85. The molecule has 0 aromatic heterocycles.